The Balaban J connectivity index is 2.40. The molecule has 0 spiro atoms. The minimum Gasteiger partial charge on any atom is -0.481 e. The molecule has 0 aliphatic rings. The van der Waals surface area contributed by atoms with Gasteiger partial charge in [-0.2, -0.15) is 5.10 Å². The summed E-state index contributed by atoms with van der Waals surface area (Å²) >= 11 is 3.37. The third kappa shape index (κ3) is 2.37. The molecule has 2 rings (SSSR count). The SMILES string of the molecule is CCn1ncc(Br)c1C(O)c1cc(OC)ncn1. The van der Waals surface area contributed by atoms with Crippen LogP contribution < -0.4 is 4.74 Å². The number of nitrogens with zero attached hydrogens (tertiary/aromatic N) is 4. The number of aliphatic hydroxyl groups excluding tert-OH is 1. The number of aliphatic hydroxyl groups is 1. The van der Waals surface area contributed by atoms with Crippen LogP contribution in [0.25, 0.3) is 0 Å². The van der Waals surface area contributed by atoms with Gasteiger partial charge in [-0.25, -0.2) is 9.97 Å². The fraction of sp³-hybridized carbons (Fsp3) is 0.364. The smallest absolute Gasteiger partial charge is 0.216 e. The van der Waals surface area contributed by atoms with Crippen molar-refractivity contribution >= 4 is 15.9 Å². The standard InChI is InChI=1S/C11H13BrN4O2/c1-3-16-10(7(12)5-15-16)11(17)8-4-9(18-2)14-6-13-8/h4-6,11,17H,3H2,1-2H3. The molecule has 0 bridgehead atoms. The summed E-state index contributed by atoms with van der Waals surface area (Å²) in [5, 5.41) is 14.5. The van der Waals surface area contributed by atoms with Crippen LogP contribution in [-0.2, 0) is 6.54 Å². The van der Waals surface area contributed by atoms with Crippen LogP contribution in [0, 0.1) is 0 Å². The van der Waals surface area contributed by atoms with Gasteiger partial charge in [0.25, 0.3) is 0 Å². The van der Waals surface area contributed by atoms with E-state index in [-0.39, 0.29) is 0 Å². The summed E-state index contributed by atoms with van der Waals surface area (Å²) in [5.74, 6) is 0.415. The Morgan fingerprint density at radius 1 is 1.50 bits per heavy atom. The van der Waals surface area contributed by atoms with Crippen molar-refractivity contribution in [2.45, 2.75) is 19.6 Å². The first-order valence-corrected chi connectivity index (χ1v) is 6.21. The van der Waals surface area contributed by atoms with Gasteiger partial charge in [-0.1, -0.05) is 0 Å². The number of ether oxygens (including phenoxy) is 1. The number of aromatic nitrogens is 4. The Bertz CT molecular complexity index is 544. The Morgan fingerprint density at radius 2 is 2.28 bits per heavy atom. The lowest BCUT2D eigenvalue weighted by Crippen LogP contribution is -2.11. The molecule has 0 saturated heterocycles. The third-order valence-electron chi connectivity index (χ3n) is 2.54. The number of aryl methyl sites for hydroxylation is 1. The normalized spacial score (nSPS) is 12.4. The zero-order valence-corrected chi connectivity index (χ0v) is 11.6. The summed E-state index contributed by atoms with van der Waals surface area (Å²) in [4.78, 5) is 7.96. The summed E-state index contributed by atoms with van der Waals surface area (Å²) in [6.07, 6.45) is 2.14. The van der Waals surface area contributed by atoms with Gasteiger partial charge in [-0.05, 0) is 22.9 Å². The van der Waals surface area contributed by atoms with E-state index >= 15 is 0 Å². The number of halogens is 1. The first-order chi connectivity index (χ1) is 8.67. The lowest BCUT2D eigenvalue weighted by atomic mass is 10.2. The van der Waals surface area contributed by atoms with Crippen LogP contribution in [0.3, 0.4) is 0 Å². The fourth-order valence-electron chi connectivity index (χ4n) is 1.65. The second-order valence-electron chi connectivity index (χ2n) is 3.58. The maximum Gasteiger partial charge on any atom is 0.216 e. The highest BCUT2D eigenvalue weighted by atomic mass is 79.9. The lowest BCUT2D eigenvalue weighted by Gasteiger charge is -2.13. The van der Waals surface area contributed by atoms with Crippen LogP contribution in [0.15, 0.2) is 23.1 Å². The molecule has 1 unspecified atom stereocenters. The van der Waals surface area contributed by atoms with E-state index in [0.717, 1.165) is 4.47 Å². The zero-order valence-electron chi connectivity index (χ0n) is 10.0. The largest absolute Gasteiger partial charge is 0.481 e. The molecule has 0 fully saturated rings. The van der Waals surface area contributed by atoms with Crippen LogP contribution >= 0.6 is 15.9 Å². The number of hydrogen-bond acceptors (Lipinski definition) is 5. The van der Waals surface area contributed by atoms with Crippen molar-refractivity contribution in [3.63, 3.8) is 0 Å². The van der Waals surface area contributed by atoms with E-state index in [1.54, 1.807) is 16.9 Å². The summed E-state index contributed by atoms with van der Waals surface area (Å²) in [7, 11) is 1.52. The van der Waals surface area contributed by atoms with Crippen molar-refractivity contribution in [1.29, 1.82) is 0 Å². The second kappa shape index (κ2) is 5.45. The lowest BCUT2D eigenvalue weighted by molar-refractivity contribution is 0.201. The molecule has 0 aliphatic carbocycles. The Morgan fingerprint density at radius 3 is 2.94 bits per heavy atom. The predicted octanol–water partition coefficient (Wildman–Crippen LogP) is 1.55. The van der Waals surface area contributed by atoms with Crippen LogP contribution in [0.1, 0.15) is 24.4 Å². The number of methoxy groups -OCH3 is 1. The van der Waals surface area contributed by atoms with Gasteiger partial charge in [0.1, 0.15) is 12.4 Å². The number of hydrogen-bond donors (Lipinski definition) is 1. The molecule has 6 nitrogen and oxygen atoms in total. The van der Waals surface area contributed by atoms with Gasteiger partial charge in [0.05, 0.1) is 29.2 Å². The fourth-order valence-corrected chi connectivity index (χ4v) is 2.16. The molecule has 7 heteroatoms. The zero-order chi connectivity index (χ0) is 13.1. The molecule has 2 aromatic rings. The quantitative estimate of drug-likeness (QED) is 0.927. The van der Waals surface area contributed by atoms with Gasteiger partial charge < -0.3 is 9.84 Å². The van der Waals surface area contributed by atoms with Gasteiger partial charge in [-0.15, -0.1) is 0 Å². The van der Waals surface area contributed by atoms with Crippen LogP contribution in [-0.4, -0.2) is 32.0 Å². The molecule has 0 saturated carbocycles. The predicted molar refractivity (Wildman–Crippen MR) is 68.2 cm³/mol. The molecule has 2 heterocycles. The third-order valence-corrected chi connectivity index (χ3v) is 3.16. The van der Waals surface area contributed by atoms with E-state index in [2.05, 4.69) is 31.0 Å². The molecule has 1 atom stereocenters. The van der Waals surface area contributed by atoms with Crippen molar-refractivity contribution < 1.29 is 9.84 Å². The molecule has 0 aromatic carbocycles. The van der Waals surface area contributed by atoms with Gasteiger partial charge in [0, 0.05) is 12.6 Å². The van der Waals surface area contributed by atoms with E-state index in [1.165, 1.54) is 13.4 Å². The summed E-state index contributed by atoms with van der Waals surface area (Å²) in [6.45, 7) is 2.62. The minimum absolute atomic E-state index is 0.415. The van der Waals surface area contributed by atoms with E-state index in [4.69, 9.17) is 4.74 Å². The molecule has 2 aromatic heterocycles. The first-order valence-electron chi connectivity index (χ1n) is 5.42. The Kier molecular flexibility index (Phi) is 3.93. The molecule has 0 amide bonds. The van der Waals surface area contributed by atoms with E-state index in [1.807, 2.05) is 6.92 Å². The summed E-state index contributed by atoms with van der Waals surface area (Å²) in [5.41, 5.74) is 1.14. The molecular weight excluding hydrogens is 300 g/mol. The molecule has 18 heavy (non-hydrogen) atoms. The topological polar surface area (TPSA) is 73.1 Å². The minimum atomic E-state index is -0.876. The van der Waals surface area contributed by atoms with Gasteiger partial charge in [-0.3, -0.25) is 4.68 Å². The molecule has 0 radical (unpaired) electrons. The average Bonchev–Trinajstić information content (AvgIpc) is 2.79. The van der Waals surface area contributed by atoms with Crippen molar-refractivity contribution in [3.8, 4) is 5.88 Å². The summed E-state index contributed by atoms with van der Waals surface area (Å²) in [6, 6.07) is 1.60. The van der Waals surface area contributed by atoms with Gasteiger partial charge >= 0.3 is 0 Å². The van der Waals surface area contributed by atoms with Crippen LogP contribution in [0.4, 0.5) is 0 Å². The van der Waals surface area contributed by atoms with Gasteiger partial charge in [0.2, 0.25) is 5.88 Å². The van der Waals surface area contributed by atoms with Crippen LogP contribution in [0.5, 0.6) is 5.88 Å². The molecule has 96 valence electrons. The van der Waals surface area contributed by atoms with E-state index in [9.17, 15) is 5.11 Å². The van der Waals surface area contributed by atoms with E-state index < -0.39 is 6.10 Å². The Hall–Kier alpha value is -1.47. The highest BCUT2D eigenvalue weighted by Gasteiger charge is 2.20. The summed E-state index contributed by atoms with van der Waals surface area (Å²) < 4.78 is 7.47. The first kappa shape index (κ1) is 13.0. The molecule has 0 aliphatic heterocycles. The number of rotatable bonds is 4. The van der Waals surface area contributed by atoms with Crippen molar-refractivity contribution in [2.24, 2.45) is 0 Å². The van der Waals surface area contributed by atoms with E-state index in [0.29, 0.717) is 23.8 Å². The van der Waals surface area contributed by atoms with Gasteiger partial charge in [0.15, 0.2) is 0 Å². The maximum absolute atomic E-state index is 10.4. The van der Waals surface area contributed by atoms with Crippen molar-refractivity contribution in [3.05, 3.63) is 34.5 Å². The highest BCUT2D eigenvalue weighted by molar-refractivity contribution is 9.10. The molecular formula is C11H13BrN4O2. The van der Waals surface area contributed by atoms with Crippen molar-refractivity contribution in [2.75, 3.05) is 7.11 Å². The van der Waals surface area contributed by atoms with Crippen molar-refractivity contribution in [1.82, 2.24) is 19.7 Å². The molecule has 1 N–H and O–H groups in total. The average molecular weight is 313 g/mol. The second-order valence-corrected chi connectivity index (χ2v) is 4.44. The maximum atomic E-state index is 10.4. The highest BCUT2D eigenvalue weighted by Crippen LogP contribution is 2.28. The Labute approximate surface area is 113 Å². The monoisotopic (exact) mass is 312 g/mol. The van der Waals surface area contributed by atoms with Crippen LogP contribution in [0.2, 0.25) is 0 Å².